The lowest BCUT2D eigenvalue weighted by Gasteiger charge is -2.19. The first-order chi connectivity index (χ1) is 8.20. The summed E-state index contributed by atoms with van der Waals surface area (Å²) in [5.74, 6) is -0.746. The molecule has 18 heavy (non-hydrogen) atoms. The Morgan fingerprint density at radius 3 is 2.56 bits per heavy atom. The van der Waals surface area contributed by atoms with Gasteiger partial charge in [0.15, 0.2) is 0 Å². The van der Waals surface area contributed by atoms with E-state index in [0.29, 0.717) is 0 Å². The molecule has 1 aromatic carbocycles. The summed E-state index contributed by atoms with van der Waals surface area (Å²) in [6, 6.07) is 3.48. The average Bonchev–Trinajstić information content (AvgIpc) is 2.17. The zero-order valence-corrected chi connectivity index (χ0v) is 9.71. The van der Waals surface area contributed by atoms with E-state index in [2.05, 4.69) is 5.32 Å². The fourth-order valence-electron chi connectivity index (χ4n) is 1.58. The minimum absolute atomic E-state index is 0.0732. The van der Waals surface area contributed by atoms with E-state index in [1.54, 1.807) is 0 Å². The van der Waals surface area contributed by atoms with Crippen LogP contribution in [0.3, 0.4) is 0 Å². The van der Waals surface area contributed by atoms with Gasteiger partial charge in [0.25, 0.3) is 5.91 Å². The quantitative estimate of drug-likeness (QED) is 0.726. The first kappa shape index (κ1) is 14.1. The van der Waals surface area contributed by atoms with Gasteiger partial charge in [-0.05, 0) is 19.1 Å². The molecule has 1 unspecified atom stereocenters. The molecule has 4 nitrogen and oxygen atoms in total. The van der Waals surface area contributed by atoms with Gasteiger partial charge in [0.2, 0.25) is 0 Å². The summed E-state index contributed by atoms with van der Waals surface area (Å²) in [4.78, 5) is 11.1. The van der Waals surface area contributed by atoms with Gasteiger partial charge in [0, 0.05) is 6.04 Å². The average molecular weight is 261 g/mol. The Balaban J connectivity index is 2.93. The van der Waals surface area contributed by atoms with Gasteiger partial charge in [0.05, 0.1) is 23.4 Å². The second-order valence-corrected chi connectivity index (χ2v) is 4.00. The molecule has 0 heterocycles. The Labute approximate surface area is 102 Å². The molecule has 0 aromatic heterocycles. The number of nitrogens with two attached hydrogens (primary N) is 2. The number of alkyl halides is 3. The molecule has 1 aromatic rings. The highest BCUT2D eigenvalue weighted by Gasteiger charge is 2.30. The van der Waals surface area contributed by atoms with Crippen LogP contribution in [0.5, 0.6) is 0 Å². The van der Waals surface area contributed by atoms with Crippen molar-refractivity contribution in [3.63, 3.8) is 0 Å². The first-order valence-corrected chi connectivity index (χ1v) is 5.22. The van der Waals surface area contributed by atoms with Gasteiger partial charge in [-0.2, -0.15) is 13.2 Å². The minimum atomic E-state index is -4.29. The van der Waals surface area contributed by atoms with Crippen molar-refractivity contribution >= 4 is 17.3 Å². The van der Waals surface area contributed by atoms with Gasteiger partial charge in [-0.25, -0.2) is 0 Å². The fraction of sp³-hybridized carbons (Fsp3) is 0.364. The number of rotatable bonds is 4. The van der Waals surface area contributed by atoms with Crippen LogP contribution in [0.4, 0.5) is 24.5 Å². The largest absolute Gasteiger partial charge is 0.397 e. The SMILES string of the molecule is CC(CC(F)(F)F)Nc1c(N)cccc1C(N)=O. The molecular weight excluding hydrogens is 247 g/mol. The molecular formula is C11H14F3N3O. The number of para-hydroxylation sites is 1. The second kappa shape index (κ2) is 5.16. The molecule has 1 amide bonds. The highest BCUT2D eigenvalue weighted by atomic mass is 19.4. The van der Waals surface area contributed by atoms with Crippen LogP contribution in [0, 0.1) is 0 Å². The van der Waals surface area contributed by atoms with Crippen LogP contribution in [0.1, 0.15) is 23.7 Å². The van der Waals surface area contributed by atoms with E-state index < -0.39 is 24.5 Å². The Bertz CT molecular complexity index is 446. The second-order valence-electron chi connectivity index (χ2n) is 4.00. The molecule has 1 rings (SSSR count). The third kappa shape index (κ3) is 3.83. The van der Waals surface area contributed by atoms with Crippen molar-refractivity contribution < 1.29 is 18.0 Å². The van der Waals surface area contributed by atoms with Crippen LogP contribution in [0.2, 0.25) is 0 Å². The normalized spacial score (nSPS) is 13.1. The highest BCUT2D eigenvalue weighted by Crippen LogP contribution is 2.27. The molecule has 0 bridgehead atoms. The molecule has 0 aliphatic carbocycles. The van der Waals surface area contributed by atoms with Gasteiger partial charge in [0.1, 0.15) is 0 Å². The highest BCUT2D eigenvalue weighted by molar-refractivity contribution is 6.01. The number of hydrogen-bond donors (Lipinski definition) is 3. The summed E-state index contributed by atoms with van der Waals surface area (Å²) in [5.41, 5.74) is 11.1. The number of hydrogen-bond acceptors (Lipinski definition) is 3. The maximum absolute atomic E-state index is 12.2. The number of halogens is 3. The van der Waals surface area contributed by atoms with E-state index in [1.165, 1.54) is 25.1 Å². The van der Waals surface area contributed by atoms with E-state index in [1.807, 2.05) is 0 Å². The fourth-order valence-corrected chi connectivity index (χ4v) is 1.58. The molecule has 1 atom stereocenters. The van der Waals surface area contributed by atoms with Crippen LogP contribution < -0.4 is 16.8 Å². The van der Waals surface area contributed by atoms with E-state index in [4.69, 9.17) is 11.5 Å². The summed E-state index contributed by atoms with van der Waals surface area (Å²) < 4.78 is 36.6. The van der Waals surface area contributed by atoms with E-state index in [0.717, 1.165) is 0 Å². The van der Waals surface area contributed by atoms with E-state index in [-0.39, 0.29) is 16.9 Å². The van der Waals surface area contributed by atoms with Gasteiger partial charge < -0.3 is 16.8 Å². The number of benzene rings is 1. The molecule has 0 spiro atoms. The predicted octanol–water partition coefficient (Wildman–Crippen LogP) is 2.12. The van der Waals surface area contributed by atoms with Gasteiger partial charge in [-0.1, -0.05) is 6.07 Å². The zero-order chi connectivity index (χ0) is 13.9. The van der Waals surface area contributed by atoms with Crippen molar-refractivity contribution in [2.45, 2.75) is 25.6 Å². The summed E-state index contributed by atoms with van der Waals surface area (Å²) >= 11 is 0. The lowest BCUT2D eigenvalue weighted by molar-refractivity contribution is -0.136. The topological polar surface area (TPSA) is 81.1 Å². The zero-order valence-electron chi connectivity index (χ0n) is 9.71. The lowest BCUT2D eigenvalue weighted by atomic mass is 10.1. The number of carbonyl (C=O) groups is 1. The summed E-state index contributed by atoms with van der Waals surface area (Å²) in [5, 5.41) is 2.57. The van der Waals surface area contributed by atoms with E-state index in [9.17, 15) is 18.0 Å². The molecule has 0 fully saturated rings. The first-order valence-electron chi connectivity index (χ1n) is 5.22. The predicted molar refractivity (Wildman–Crippen MR) is 63.1 cm³/mol. The maximum atomic E-state index is 12.2. The monoisotopic (exact) mass is 261 g/mol. The summed E-state index contributed by atoms with van der Waals surface area (Å²) in [6.45, 7) is 1.35. The molecule has 0 aliphatic rings. The number of primary amides is 1. The van der Waals surface area contributed by atoms with Gasteiger partial charge in [-0.15, -0.1) is 0 Å². The molecule has 7 heteroatoms. The van der Waals surface area contributed by atoms with Crippen LogP contribution in [0.25, 0.3) is 0 Å². The van der Waals surface area contributed by atoms with Gasteiger partial charge in [-0.3, -0.25) is 4.79 Å². The number of amides is 1. The number of nitrogens with one attached hydrogen (secondary N) is 1. The van der Waals surface area contributed by atoms with Crippen molar-refractivity contribution in [3.8, 4) is 0 Å². The van der Waals surface area contributed by atoms with Crippen molar-refractivity contribution in [2.24, 2.45) is 5.73 Å². The number of anilines is 2. The Hall–Kier alpha value is -1.92. The van der Waals surface area contributed by atoms with Crippen molar-refractivity contribution in [3.05, 3.63) is 23.8 Å². The number of nitrogen functional groups attached to an aromatic ring is 1. The summed E-state index contributed by atoms with van der Waals surface area (Å²) in [6.07, 6.45) is -5.32. The smallest absolute Gasteiger partial charge is 0.391 e. The Morgan fingerprint density at radius 2 is 2.06 bits per heavy atom. The molecule has 0 saturated carbocycles. The number of carbonyl (C=O) groups excluding carboxylic acids is 1. The van der Waals surface area contributed by atoms with Gasteiger partial charge >= 0.3 is 6.18 Å². The van der Waals surface area contributed by atoms with Crippen LogP contribution in [-0.4, -0.2) is 18.1 Å². The van der Waals surface area contributed by atoms with Crippen LogP contribution in [-0.2, 0) is 0 Å². The molecule has 100 valence electrons. The van der Waals surface area contributed by atoms with Crippen molar-refractivity contribution in [2.75, 3.05) is 11.1 Å². The Morgan fingerprint density at radius 1 is 1.44 bits per heavy atom. The molecule has 0 radical (unpaired) electrons. The molecule has 0 saturated heterocycles. The molecule has 0 aliphatic heterocycles. The maximum Gasteiger partial charge on any atom is 0.391 e. The third-order valence-electron chi connectivity index (χ3n) is 2.29. The van der Waals surface area contributed by atoms with Crippen LogP contribution in [0.15, 0.2) is 18.2 Å². The van der Waals surface area contributed by atoms with Crippen molar-refractivity contribution in [1.29, 1.82) is 0 Å². The minimum Gasteiger partial charge on any atom is -0.397 e. The molecule has 5 N–H and O–H groups in total. The Kier molecular flexibility index (Phi) is 4.05. The lowest BCUT2D eigenvalue weighted by Crippen LogP contribution is -2.26. The van der Waals surface area contributed by atoms with E-state index >= 15 is 0 Å². The van der Waals surface area contributed by atoms with Crippen LogP contribution >= 0.6 is 0 Å². The standard InChI is InChI=1S/C11H14F3N3O/c1-6(5-11(12,13)14)17-9-7(10(16)18)3-2-4-8(9)15/h2-4,6,17H,5,15H2,1H3,(H2,16,18). The van der Waals surface area contributed by atoms with Crippen molar-refractivity contribution in [1.82, 2.24) is 0 Å². The summed E-state index contributed by atoms with van der Waals surface area (Å²) in [7, 11) is 0. The third-order valence-corrected chi connectivity index (χ3v) is 2.29.